The van der Waals surface area contributed by atoms with Crippen molar-refractivity contribution in [3.63, 3.8) is 0 Å². The van der Waals surface area contributed by atoms with Crippen LogP contribution in [0.4, 0.5) is 0 Å². The zero-order chi connectivity index (χ0) is 15.6. The van der Waals surface area contributed by atoms with E-state index < -0.39 is 5.41 Å². The lowest BCUT2D eigenvalue weighted by molar-refractivity contribution is -0.160. The standard InChI is InChI=1S/C16H23BrN2O2/c1-16(2,3)15(20)21-14-11(6-7-19-14)12-8-10(9-18)4-5-13(12)17/h4-5,8,11,14,19H,6-7,9,18H2,1-3H3. The number of hydrogen-bond donors (Lipinski definition) is 2. The Morgan fingerprint density at radius 1 is 1.48 bits per heavy atom. The molecule has 1 saturated heterocycles. The van der Waals surface area contributed by atoms with Gasteiger partial charge in [0.15, 0.2) is 6.23 Å². The van der Waals surface area contributed by atoms with Crippen molar-refractivity contribution in [2.45, 2.75) is 45.9 Å². The first kappa shape index (κ1) is 16.5. The molecule has 5 heteroatoms. The van der Waals surface area contributed by atoms with Crippen molar-refractivity contribution in [1.29, 1.82) is 0 Å². The molecule has 0 amide bonds. The van der Waals surface area contributed by atoms with E-state index in [0.29, 0.717) is 6.54 Å². The number of esters is 1. The van der Waals surface area contributed by atoms with E-state index in [-0.39, 0.29) is 18.1 Å². The molecular formula is C16H23BrN2O2. The number of benzene rings is 1. The molecule has 0 aromatic heterocycles. The van der Waals surface area contributed by atoms with E-state index in [9.17, 15) is 4.79 Å². The van der Waals surface area contributed by atoms with Crippen LogP contribution in [-0.4, -0.2) is 18.7 Å². The minimum atomic E-state index is -0.495. The van der Waals surface area contributed by atoms with Gasteiger partial charge in [0, 0.05) is 16.9 Å². The highest BCUT2D eigenvalue weighted by Gasteiger charge is 2.35. The van der Waals surface area contributed by atoms with Crippen LogP contribution in [0.15, 0.2) is 22.7 Å². The molecule has 1 heterocycles. The zero-order valence-corrected chi connectivity index (χ0v) is 14.4. The van der Waals surface area contributed by atoms with E-state index in [2.05, 4.69) is 27.3 Å². The van der Waals surface area contributed by atoms with Gasteiger partial charge >= 0.3 is 5.97 Å². The number of nitrogens with two attached hydrogens (primary N) is 1. The molecule has 3 N–H and O–H groups in total. The van der Waals surface area contributed by atoms with Crippen LogP contribution < -0.4 is 11.1 Å². The predicted octanol–water partition coefficient (Wildman–Crippen LogP) is 2.90. The molecule has 1 aromatic carbocycles. The first-order valence-electron chi connectivity index (χ1n) is 7.26. The molecule has 1 aliphatic heterocycles. The fraction of sp³-hybridized carbons (Fsp3) is 0.562. The van der Waals surface area contributed by atoms with Gasteiger partial charge in [0.2, 0.25) is 0 Å². The fourth-order valence-corrected chi connectivity index (χ4v) is 2.95. The predicted molar refractivity (Wildman–Crippen MR) is 86.7 cm³/mol. The SMILES string of the molecule is CC(C)(C)C(=O)OC1NCCC1c1cc(CN)ccc1Br. The molecule has 2 rings (SSSR count). The van der Waals surface area contributed by atoms with Gasteiger partial charge in [-0.1, -0.05) is 28.1 Å². The summed E-state index contributed by atoms with van der Waals surface area (Å²) in [5.74, 6) is -0.0322. The van der Waals surface area contributed by atoms with Gasteiger partial charge in [-0.25, -0.2) is 0 Å². The third kappa shape index (κ3) is 3.84. The number of hydrogen-bond acceptors (Lipinski definition) is 4. The molecule has 1 aliphatic rings. The molecule has 1 aromatic rings. The monoisotopic (exact) mass is 354 g/mol. The number of halogens is 1. The van der Waals surface area contributed by atoms with Gasteiger partial charge < -0.3 is 10.5 Å². The Labute approximate surface area is 134 Å². The normalized spacial score (nSPS) is 22.3. The highest BCUT2D eigenvalue weighted by molar-refractivity contribution is 9.10. The van der Waals surface area contributed by atoms with Gasteiger partial charge in [0.1, 0.15) is 0 Å². The summed E-state index contributed by atoms with van der Waals surface area (Å²) in [4.78, 5) is 12.1. The van der Waals surface area contributed by atoms with E-state index in [4.69, 9.17) is 10.5 Å². The Balaban J connectivity index is 2.21. The molecular weight excluding hydrogens is 332 g/mol. The van der Waals surface area contributed by atoms with Crippen LogP contribution in [0, 0.1) is 5.41 Å². The van der Waals surface area contributed by atoms with Crippen molar-refractivity contribution in [3.05, 3.63) is 33.8 Å². The zero-order valence-electron chi connectivity index (χ0n) is 12.8. The number of carbonyl (C=O) groups is 1. The second-order valence-corrected chi connectivity index (χ2v) is 7.34. The summed E-state index contributed by atoms with van der Waals surface area (Å²) in [7, 11) is 0. The summed E-state index contributed by atoms with van der Waals surface area (Å²) in [5, 5.41) is 3.28. The molecule has 0 radical (unpaired) electrons. The second-order valence-electron chi connectivity index (χ2n) is 6.49. The highest BCUT2D eigenvalue weighted by atomic mass is 79.9. The lowest BCUT2D eigenvalue weighted by atomic mass is 9.94. The van der Waals surface area contributed by atoms with Crippen molar-refractivity contribution in [3.8, 4) is 0 Å². The average Bonchev–Trinajstić information content (AvgIpc) is 2.86. The van der Waals surface area contributed by atoms with Gasteiger partial charge in [-0.3, -0.25) is 10.1 Å². The number of nitrogens with one attached hydrogen (secondary N) is 1. The first-order valence-corrected chi connectivity index (χ1v) is 8.05. The molecule has 21 heavy (non-hydrogen) atoms. The maximum absolute atomic E-state index is 12.1. The summed E-state index contributed by atoms with van der Waals surface area (Å²) >= 11 is 3.59. The fourth-order valence-electron chi connectivity index (χ4n) is 2.41. The topological polar surface area (TPSA) is 64.3 Å². The summed E-state index contributed by atoms with van der Waals surface area (Å²) in [6.45, 7) is 6.94. The van der Waals surface area contributed by atoms with Gasteiger partial charge in [-0.2, -0.15) is 0 Å². The van der Waals surface area contributed by atoms with Crippen molar-refractivity contribution >= 4 is 21.9 Å². The molecule has 116 valence electrons. The quantitative estimate of drug-likeness (QED) is 0.819. The number of ether oxygens (including phenoxy) is 1. The Bertz CT molecular complexity index is 525. The van der Waals surface area contributed by atoms with E-state index in [1.165, 1.54) is 0 Å². The molecule has 1 fully saturated rings. The van der Waals surface area contributed by atoms with Crippen LogP contribution in [0.5, 0.6) is 0 Å². The second kappa shape index (κ2) is 6.46. The molecule has 2 unspecified atom stereocenters. The van der Waals surface area contributed by atoms with E-state index in [0.717, 1.165) is 28.6 Å². The molecule has 0 aliphatic carbocycles. The summed E-state index contributed by atoms with van der Waals surface area (Å²) in [6, 6.07) is 6.12. The van der Waals surface area contributed by atoms with Gasteiger partial charge in [0.25, 0.3) is 0 Å². The number of rotatable bonds is 3. The summed E-state index contributed by atoms with van der Waals surface area (Å²) in [6.07, 6.45) is 0.662. The summed E-state index contributed by atoms with van der Waals surface area (Å²) < 4.78 is 6.70. The van der Waals surface area contributed by atoms with Crippen molar-refractivity contribution in [1.82, 2.24) is 5.32 Å². The van der Waals surface area contributed by atoms with E-state index in [1.807, 2.05) is 32.9 Å². The minimum absolute atomic E-state index is 0.150. The van der Waals surface area contributed by atoms with Gasteiger partial charge in [-0.05, 0) is 50.9 Å². The third-order valence-corrected chi connectivity index (χ3v) is 4.43. The highest BCUT2D eigenvalue weighted by Crippen LogP contribution is 2.35. The molecule has 0 spiro atoms. The summed E-state index contributed by atoms with van der Waals surface area (Å²) in [5.41, 5.74) is 7.46. The Morgan fingerprint density at radius 2 is 2.19 bits per heavy atom. The van der Waals surface area contributed by atoms with Gasteiger partial charge in [0.05, 0.1) is 5.41 Å². The van der Waals surface area contributed by atoms with E-state index in [1.54, 1.807) is 0 Å². The molecule has 0 bridgehead atoms. The largest absolute Gasteiger partial charge is 0.445 e. The number of carbonyl (C=O) groups excluding carboxylic acids is 1. The van der Waals surface area contributed by atoms with Crippen LogP contribution >= 0.6 is 15.9 Å². The van der Waals surface area contributed by atoms with Crippen molar-refractivity contribution in [2.24, 2.45) is 11.1 Å². The Morgan fingerprint density at radius 3 is 2.81 bits per heavy atom. The maximum Gasteiger partial charge on any atom is 0.312 e. The van der Waals surface area contributed by atoms with Crippen LogP contribution in [0.1, 0.15) is 44.2 Å². The lowest BCUT2D eigenvalue weighted by Gasteiger charge is -2.25. The lowest BCUT2D eigenvalue weighted by Crippen LogP contribution is -2.36. The third-order valence-electron chi connectivity index (χ3n) is 3.71. The maximum atomic E-state index is 12.1. The first-order chi connectivity index (χ1) is 9.82. The van der Waals surface area contributed by atoms with Crippen LogP contribution in [0.3, 0.4) is 0 Å². The smallest absolute Gasteiger partial charge is 0.312 e. The Kier molecular flexibility index (Phi) is 5.07. The average molecular weight is 355 g/mol. The minimum Gasteiger partial charge on any atom is -0.445 e. The van der Waals surface area contributed by atoms with E-state index >= 15 is 0 Å². The van der Waals surface area contributed by atoms with Crippen molar-refractivity contribution < 1.29 is 9.53 Å². The molecule has 4 nitrogen and oxygen atoms in total. The van der Waals surface area contributed by atoms with Crippen LogP contribution in [0.25, 0.3) is 0 Å². The van der Waals surface area contributed by atoms with Crippen LogP contribution in [0.2, 0.25) is 0 Å². The Hall–Kier alpha value is -0.910. The molecule has 0 saturated carbocycles. The molecule has 2 atom stereocenters. The van der Waals surface area contributed by atoms with Crippen LogP contribution in [-0.2, 0) is 16.1 Å². The van der Waals surface area contributed by atoms with Gasteiger partial charge in [-0.15, -0.1) is 0 Å². The van der Waals surface area contributed by atoms with Crippen molar-refractivity contribution in [2.75, 3.05) is 6.54 Å².